The first-order valence-corrected chi connectivity index (χ1v) is 7.53. The number of unbranched alkanes of at least 4 members (excludes halogenated alkanes) is 4. The number of hydrogen-bond donors (Lipinski definition) is 0. The van der Waals surface area contributed by atoms with E-state index in [2.05, 4.69) is 26.0 Å². The van der Waals surface area contributed by atoms with Crippen molar-refractivity contribution in [2.75, 3.05) is 0 Å². The van der Waals surface area contributed by atoms with Crippen LogP contribution in [0.4, 0.5) is 0 Å². The average molecular weight is 233 g/mol. The first-order valence-electron chi connectivity index (χ1n) is 5.10. The Kier molecular flexibility index (Phi) is 11.5. The van der Waals surface area contributed by atoms with Crippen molar-refractivity contribution in [2.24, 2.45) is 0 Å². The molecule has 0 atom stereocenters. The van der Waals surface area contributed by atoms with Crippen LogP contribution in [0.1, 0.15) is 46.0 Å². The summed E-state index contributed by atoms with van der Waals surface area (Å²) in [4.78, 5) is 0. The molecule has 0 aliphatic heterocycles. The maximum atomic E-state index is 2.30. The average Bonchev–Trinajstić information content (AvgIpc) is 2.10. The molecule has 0 aromatic heterocycles. The fourth-order valence-electron chi connectivity index (χ4n) is 1.13. The van der Waals surface area contributed by atoms with Crippen LogP contribution in [0.3, 0.4) is 0 Å². The zero-order valence-corrected chi connectivity index (χ0v) is 10.2. The molecule has 0 heterocycles. The first kappa shape index (κ1) is 12.3. The normalized spacial score (nSPS) is 11.2. The van der Waals surface area contributed by atoms with Gasteiger partial charge in [-0.15, -0.1) is 0 Å². The molecule has 0 fully saturated rings. The Bertz CT molecular complexity index is 97.2. The van der Waals surface area contributed by atoms with Crippen molar-refractivity contribution in [3.05, 3.63) is 12.2 Å². The summed E-state index contributed by atoms with van der Waals surface area (Å²) < 4.78 is 0. The van der Waals surface area contributed by atoms with E-state index in [0.717, 1.165) is 15.0 Å². The van der Waals surface area contributed by atoms with Gasteiger partial charge in [0.25, 0.3) is 0 Å². The summed E-state index contributed by atoms with van der Waals surface area (Å²) >= 11 is 0.948. The summed E-state index contributed by atoms with van der Waals surface area (Å²) in [6, 6.07) is 0. The van der Waals surface area contributed by atoms with Crippen molar-refractivity contribution in [3.8, 4) is 0 Å². The Morgan fingerprint density at radius 3 is 2.50 bits per heavy atom. The van der Waals surface area contributed by atoms with Crippen LogP contribution in [0.5, 0.6) is 0 Å². The molecule has 0 unspecified atom stereocenters. The maximum absolute atomic E-state index is 2.30. The summed E-state index contributed by atoms with van der Waals surface area (Å²) in [7, 11) is 0. The second-order valence-electron chi connectivity index (χ2n) is 2.97. The number of allylic oxidation sites excluding steroid dienone is 2. The number of rotatable bonds is 8. The molecule has 1 heteroatoms. The fourth-order valence-corrected chi connectivity index (χ4v) is 2.59. The molecule has 0 radical (unpaired) electrons. The summed E-state index contributed by atoms with van der Waals surface area (Å²) in [6.45, 7) is 4.40. The van der Waals surface area contributed by atoms with E-state index in [1.54, 1.807) is 0 Å². The molecular weight excluding hydrogens is 211 g/mol. The molecule has 0 saturated heterocycles. The predicted molar refractivity (Wildman–Crippen MR) is 58.9 cm³/mol. The van der Waals surface area contributed by atoms with E-state index in [0.29, 0.717) is 0 Å². The van der Waals surface area contributed by atoms with Crippen molar-refractivity contribution >= 4 is 15.0 Å². The fraction of sp³-hybridized carbons (Fsp3) is 0.818. The van der Waals surface area contributed by atoms with E-state index in [1.165, 1.54) is 42.7 Å². The van der Waals surface area contributed by atoms with Crippen LogP contribution in [-0.2, 0) is 0 Å². The molecule has 0 N–H and O–H groups in total. The standard InChI is InChI=1S/C11H22Se/c1-3-5-6-7-8-9-10-11-12-4-2/h3,5H,4,6-11H2,1-2H3. The van der Waals surface area contributed by atoms with Crippen LogP contribution in [0, 0.1) is 0 Å². The second-order valence-corrected chi connectivity index (χ2v) is 5.89. The molecule has 0 amide bonds. The van der Waals surface area contributed by atoms with E-state index in [9.17, 15) is 0 Å². The van der Waals surface area contributed by atoms with Gasteiger partial charge in [0, 0.05) is 0 Å². The topological polar surface area (TPSA) is 0 Å². The number of hydrogen-bond acceptors (Lipinski definition) is 0. The molecule has 0 aromatic rings. The van der Waals surface area contributed by atoms with Crippen LogP contribution in [0.2, 0.25) is 10.6 Å². The van der Waals surface area contributed by atoms with Gasteiger partial charge in [-0.05, 0) is 0 Å². The van der Waals surface area contributed by atoms with Crippen LogP contribution < -0.4 is 0 Å². The molecular formula is C11H22Se. The van der Waals surface area contributed by atoms with Gasteiger partial charge < -0.3 is 0 Å². The quantitative estimate of drug-likeness (QED) is 0.337. The van der Waals surface area contributed by atoms with E-state index >= 15 is 0 Å². The monoisotopic (exact) mass is 234 g/mol. The summed E-state index contributed by atoms with van der Waals surface area (Å²) in [6.07, 6.45) is 11.5. The third kappa shape index (κ3) is 10.3. The Hall–Kier alpha value is 0.259. The summed E-state index contributed by atoms with van der Waals surface area (Å²) in [5.41, 5.74) is 0. The zero-order chi connectivity index (χ0) is 9.07. The summed E-state index contributed by atoms with van der Waals surface area (Å²) in [5, 5.41) is 2.93. The van der Waals surface area contributed by atoms with Gasteiger partial charge in [-0.25, -0.2) is 0 Å². The van der Waals surface area contributed by atoms with E-state index in [-0.39, 0.29) is 0 Å². The van der Waals surface area contributed by atoms with Gasteiger partial charge in [-0.1, -0.05) is 0 Å². The SMILES string of the molecule is CC=CCCCCCC[Se]CC. The van der Waals surface area contributed by atoms with Gasteiger partial charge in [0.15, 0.2) is 0 Å². The van der Waals surface area contributed by atoms with E-state index in [1.807, 2.05) is 0 Å². The van der Waals surface area contributed by atoms with Crippen molar-refractivity contribution in [1.29, 1.82) is 0 Å². The van der Waals surface area contributed by atoms with Gasteiger partial charge in [0.1, 0.15) is 0 Å². The molecule has 0 aliphatic carbocycles. The molecule has 12 heavy (non-hydrogen) atoms. The van der Waals surface area contributed by atoms with Gasteiger partial charge >= 0.3 is 83.7 Å². The van der Waals surface area contributed by atoms with Gasteiger partial charge in [-0.2, -0.15) is 0 Å². The van der Waals surface area contributed by atoms with Crippen LogP contribution in [0.25, 0.3) is 0 Å². The second kappa shape index (κ2) is 11.3. The molecule has 0 aromatic carbocycles. The minimum atomic E-state index is 0.948. The predicted octanol–water partition coefficient (Wildman–Crippen LogP) is 4.07. The molecule has 0 nitrogen and oxygen atoms in total. The Morgan fingerprint density at radius 2 is 1.83 bits per heavy atom. The molecule has 0 rings (SSSR count). The third-order valence-corrected chi connectivity index (χ3v) is 3.92. The Labute approximate surface area is 84.0 Å². The molecule has 0 bridgehead atoms. The van der Waals surface area contributed by atoms with Crippen LogP contribution >= 0.6 is 0 Å². The molecule has 72 valence electrons. The zero-order valence-electron chi connectivity index (χ0n) is 8.51. The molecule has 0 saturated carbocycles. The Morgan fingerprint density at radius 1 is 1.08 bits per heavy atom. The van der Waals surface area contributed by atoms with Crippen molar-refractivity contribution in [1.82, 2.24) is 0 Å². The minimum absolute atomic E-state index is 0.948. The van der Waals surface area contributed by atoms with Gasteiger partial charge in [0.05, 0.1) is 0 Å². The van der Waals surface area contributed by atoms with Crippen molar-refractivity contribution in [2.45, 2.75) is 56.6 Å². The Balaban J connectivity index is 2.81. The van der Waals surface area contributed by atoms with Crippen LogP contribution in [-0.4, -0.2) is 15.0 Å². The summed E-state index contributed by atoms with van der Waals surface area (Å²) in [5.74, 6) is 0. The molecule has 0 spiro atoms. The first-order chi connectivity index (χ1) is 5.91. The molecule has 0 aliphatic rings. The third-order valence-electron chi connectivity index (χ3n) is 1.85. The van der Waals surface area contributed by atoms with E-state index in [4.69, 9.17) is 0 Å². The van der Waals surface area contributed by atoms with Crippen molar-refractivity contribution in [3.63, 3.8) is 0 Å². The van der Waals surface area contributed by atoms with Crippen molar-refractivity contribution < 1.29 is 0 Å². The van der Waals surface area contributed by atoms with Gasteiger partial charge in [0.2, 0.25) is 0 Å². The van der Waals surface area contributed by atoms with E-state index < -0.39 is 0 Å². The van der Waals surface area contributed by atoms with Crippen LogP contribution in [0.15, 0.2) is 12.2 Å². The van der Waals surface area contributed by atoms with Gasteiger partial charge in [-0.3, -0.25) is 0 Å².